The number of carbonyl (C=O) groups excluding carboxylic acids is 7. The van der Waals surface area contributed by atoms with E-state index in [1.54, 1.807) is 71.2 Å². The summed E-state index contributed by atoms with van der Waals surface area (Å²) < 4.78 is 13.2. The van der Waals surface area contributed by atoms with Crippen molar-refractivity contribution in [1.29, 1.82) is 0 Å². The lowest BCUT2D eigenvalue weighted by Gasteiger charge is -2.24. The van der Waals surface area contributed by atoms with Crippen molar-refractivity contribution in [3.63, 3.8) is 0 Å². The molecule has 0 bridgehead atoms. The van der Waals surface area contributed by atoms with Crippen molar-refractivity contribution in [2.45, 2.75) is 58.2 Å². The van der Waals surface area contributed by atoms with E-state index in [9.17, 15) is 38.7 Å². The highest BCUT2D eigenvalue weighted by Gasteiger charge is 2.37. The van der Waals surface area contributed by atoms with E-state index in [1.165, 1.54) is 48.2 Å². The highest BCUT2D eigenvalue weighted by atomic mass is 35.5. The molecule has 2 aromatic heterocycles. The van der Waals surface area contributed by atoms with E-state index < -0.39 is 42.1 Å². The van der Waals surface area contributed by atoms with Crippen LogP contribution in [0.1, 0.15) is 70.1 Å². The van der Waals surface area contributed by atoms with Gasteiger partial charge in [-0.15, -0.1) is 11.6 Å². The number of phenols is 1. The number of urea groups is 1. The van der Waals surface area contributed by atoms with Gasteiger partial charge in [-0.3, -0.25) is 19.2 Å². The Morgan fingerprint density at radius 1 is 0.882 bits per heavy atom. The first-order valence-corrected chi connectivity index (χ1v) is 25.1. The molecule has 8 amide bonds. The van der Waals surface area contributed by atoms with Crippen molar-refractivity contribution in [3.8, 4) is 11.5 Å². The van der Waals surface area contributed by atoms with Gasteiger partial charge in [0, 0.05) is 87.2 Å². The van der Waals surface area contributed by atoms with Crippen LogP contribution in [0.15, 0.2) is 97.3 Å². The molecule has 8 N–H and O–H groups in total. The number of nitrogens with zero attached hydrogens (tertiary/aromatic N) is 5. The summed E-state index contributed by atoms with van der Waals surface area (Å²) in [6.45, 7) is 6.26. The SMILES string of the molecule is CN[C@H](C(=O)N[C@@H](CCCNC(N)=O)C(=O)Nc1ccc(COC(=O)N(C)CCN(C)C(=O)Oc2cc3c(c4c(C)cccc24)[C@H](CCl)CN3C(=O)c2cn3cc(NC(=O)c4ccc(O)cc4)ccc3n2)cc1)C(C)C. The zero-order valence-corrected chi connectivity index (χ0v) is 43.8. The number of halogens is 1. The number of aryl methyl sites for hydroxylation is 1. The van der Waals surface area contributed by atoms with E-state index in [0.29, 0.717) is 45.6 Å². The van der Waals surface area contributed by atoms with Gasteiger partial charge < -0.3 is 66.0 Å². The minimum atomic E-state index is -0.901. The number of fused-ring (bicyclic) bond motifs is 4. The molecule has 22 heteroatoms. The number of imidazole rings is 1. The van der Waals surface area contributed by atoms with Gasteiger partial charge in [-0.2, -0.15) is 0 Å². The average molecular weight is 1060 g/mol. The quantitative estimate of drug-likeness (QED) is 0.0317. The molecule has 21 nitrogen and oxygen atoms in total. The number of amides is 8. The Hall–Kier alpha value is -8.43. The Morgan fingerprint density at radius 3 is 2.25 bits per heavy atom. The maximum atomic E-state index is 14.4. The molecule has 0 saturated carbocycles. The summed E-state index contributed by atoms with van der Waals surface area (Å²) in [5.74, 6) is -1.41. The van der Waals surface area contributed by atoms with Crippen molar-refractivity contribution in [3.05, 3.63) is 125 Å². The number of aromatic hydroxyl groups is 1. The molecule has 3 atom stereocenters. The second-order valence-corrected chi connectivity index (χ2v) is 19.1. The molecule has 0 fully saturated rings. The average Bonchev–Trinajstić information content (AvgIpc) is 4.02. The van der Waals surface area contributed by atoms with Crippen LogP contribution in [-0.2, 0) is 20.9 Å². The number of benzene rings is 4. The third kappa shape index (κ3) is 13.3. The molecule has 7 rings (SSSR count). The molecule has 76 heavy (non-hydrogen) atoms. The number of hydrogen-bond donors (Lipinski definition) is 7. The van der Waals surface area contributed by atoms with E-state index >= 15 is 0 Å². The summed E-state index contributed by atoms with van der Waals surface area (Å²) in [6.07, 6.45) is 2.48. The molecule has 0 spiro atoms. The number of rotatable bonds is 20. The molecule has 3 heterocycles. The predicted molar refractivity (Wildman–Crippen MR) is 288 cm³/mol. The van der Waals surface area contributed by atoms with Crippen molar-refractivity contribution < 1.29 is 48.1 Å². The molecule has 0 unspecified atom stereocenters. The molecular formula is C54H62ClN11O10. The fraction of sp³-hybridized carbons (Fsp3) is 0.333. The van der Waals surface area contributed by atoms with E-state index in [4.69, 9.17) is 26.8 Å². The van der Waals surface area contributed by atoms with Crippen LogP contribution in [0.4, 0.5) is 31.4 Å². The Kier molecular flexibility index (Phi) is 18.0. The summed E-state index contributed by atoms with van der Waals surface area (Å²) in [6, 6.07) is 21.0. The normalized spacial score (nSPS) is 13.6. The first-order chi connectivity index (χ1) is 36.3. The Balaban J connectivity index is 0.957. The van der Waals surface area contributed by atoms with Gasteiger partial charge in [0.05, 0.1) is 17.4 Å². The van der Waals surface area contributed by atoms with E-state index in [-0.39, 0.29) is 85.9 Å². The summed E-state index contributed by atoms with van der Waals surface area (Å²) >= 11 is 6.59. The number of likely N-dealkylation sites (N-methyl/N-ethyl adjacent to an activating group) is 3. The monoisotopic (exact) mass is 1060 g/mol. The first-order valence-electron chi connectivity index (χ1n) is 24.6. The standard InChI is InChI=1S/C54H62ClN11O10/c1-31(2)47(57-4)50(70)62-40(11-8-22-58-52(56)72)49(69)59-36-16-12-33(13-17-36)30-75-53(73)63(5)23-24-64(6)54(74)76-43-25-42-46(45-32(3)9-7-10-39(43)45)35(26-55)27-66(42)51(71)41-29-65-28-37(18-21-44(65)61-41)60-48(68)34-14-19-38(67)20-15-34/h7,9-10,12-21,25,28-29,31,35,40,47,57,67H,8,11,22-24,26-27,30H2,1-6H3,(H,59,69)(H,60,68)(H,62,70)(H3,56,58,72)/t35-,40+,47+/m1/s1. The maximum Gasteiger partial charge on any atom is 0.415 e. The summed E-state index contributed by atoms with van der Waals surface area (Å²) in [4.78, 5) is 100. The smallest absolute Gasteiger partial charge is 0.415 e. The topological polar surface area (TPSA) is 271 Å². The van der Waals surface area contributed by atoms with Crippen LogP contribution in [0, 0.1) is 12.8 Å². The largest absolute Gasteiger partial charge is 0.508 e. The van der Waals surface area contributed by atoms with Crippen LogP contribution < -0.4 is 42.0 Å². The number of aromatic nitrogens is 2. The second kappa shape index (κ2) is 24.7. The molecule has 0 radical (unpaired) electrons. The number of pyridine rings is 1. The van der Waals surface area contributed by atoms with Gasteiger partial charge in [0.2, 0.25) is 11.8 Å². The third-order valence-corrected chi connectivity index (χ3v) is 13.4. The van der Waals surface area contributed by atoms with Crippen LogP contribution >= 0.6 is 11.6 Å². The highest BCUT2D eigenvalue weighted by molar-refractivity contribution is 6.19. The number of nitrogens with two attached hydrogens (primary N) is 1. The number of anilines is 3. The Labute approximate surface area is 444 Å². The molecule has 0 aliphatic carbocycles. The minimum Gasteiger partial charge on any atom is -0.508 e. The number of carbonyl (C=O) groups is 7. The molecule has 0 saturated heterocycles. The number of phenolic OH excluding ortho intramolecular Hbond substituents is 1. The van der Waals surface area contributed by atoms with Crippen molar-refractivity contribution in [1.82, 2.24) is 35.1 Å². The van der Waals surface area contributed by atoms with Gasteiger partial charge >= 0.3 is 18.2 Å². The van der Waals surface area contributed by atoms with Crippen LogP contribution in [0.2, 0.25) is 0 Å². The number of hydrogen-bond acceptors (Lipinski definition) is 12. The van der Waals surface area contributed by atoms with Crippen molar-refractivity contribution >= 4 is 86.9 Å². The van der Waals surface area contributed by atoms with Crippen molar-refractivity contribution in [2.75, 3.05) is 68.7 Å². The number of alkyl halides is 1. The van der Waals surface area contributed by atoms with Gasteiger partial charge in [0.1, 0.15) is 35.5 Å². The van der Waals surface area contributed by atoms with Crippen molar-refractivity contribution in [2.24, 2.45) is 11.7 Å². The summed E-state index contributed by atoms with van der Waals surface area (Å²) in [7, 11) is 4.74. The highest BCUT2D eigenvalue weighted by Crippen LogP contribution is 2.47. The third-order valence-electron chi connectivity index (χ3n) is 13.0. The lowest BCUT2D eigenvalue weighted by atomic mass is 9.92. The molecule has 1 aliphatic heterocycles. The van der Waals surface area contributed by atoms with Crippen LogP contribution in [0.5, 0.6) is 11.5 Å². The molecule has 400 valence electrons. The van der Waals surface area contributed by atoms with Crippen LogP contribution in [0.3, 0.4) is 0 Å². The van der Waals surface area contributed by atoms with Gasteiger partial charge in [0.25, 0.3) is 11.8 Å². The fourth-order valence-corrected chi connectivity index (χ4v) is 9.10. The fourth-order valence-electron chi connectivity index (χ4n) is 8.85. The molecular weight excluding hydrogens is 998 g/mol. The summed E-state index contributed by atoms with van der Waals surface area (Å²) in [5.41, 5.74) is 9.90. The Morgan fingerprint density at radius 2 is 1.58 bits per heavy atom. The van der Waals surface area contributed by atoms with Gasteiger partial charge in [-0.1, -0.05) is 44.2 Å². The minimum absolute atomic E-state index is 0.0360. The van der Waals surface area contributed by atoms with E-state index in [0.717, 1.165) is 16.5 Å². The number of nitrogens with one attached hydrogen (secondary N) is 5. The summed E-state index contributed by atoms with van der Waals surface area (Å²) in [5, 5.41) is 25.0. The zero-order chi connectivity index (χ0) is 54.8. The zero-order valence-electron chi connectivity index (χ0n) is 43.0. The van der Waals surface area contributed by atoms with E-state index in [1.807, 2.05) is 39.0 Å². The van der Waals surface area contributed by atoms with E-state index in [2.05, 4.69) is 31.6 Å². The maximum absolute atomic E-state index is 14.4. The van der Waals surface area contributed by atoms with Crippen LogP contribution in [-0.4, -0.2) is 131 Å². The lowest BCUT2D eigenvalue weighted by molar-refractivity contribution is -0.128. The van der Waals surface area contributed by atoms with Gasteiger partial charge in [-0.25, -0.2) is 19.4 Å². The molecule has 4 aromatic carbocycles. The predicted octanol–water partition coefficient (Wildman–Crippen LogP) is 6.55. The molecule has 1 aliphatic rings. The van der Waals surface area contributed by atoms with Gasteiger partial charge in [-0.05, 0) is 103 Å². The lowest BCUT2D eigenvalue weighted by Crippen LogP contribution is -2.52. The number of primary amides is 1. The van der Waals surface area contributed by atoms with Gasteiger partial charge in [0.15, 0.2) is 0 Å². The van der Waals surface area contributed by atoms with Crippen LogP contribution in [0.25, 0.3) is 16.4 Å². The second-order valence-electron chi connectivity index (χ2n) is 18.8. The molecule has 6 aromatic rings. The Bertz CT molecular complexity index is 3130. The first kappa shape index (κ1) is 55.3. The number of ether oxygens (including phenoxy) is 2.